The summed E-state index contributed by atoms with van der Waals surface area (Å²) in [5, 5.41) is 9.02. The van der Waals surface area contributed by atoms with E-state index in [1.165, 1.54) is 0 Å². The first-order chi connectivity index (χ1) is 26.3. The van der Waals surface area contributed by atoms with Crippen molar-refractivity contribution >= 4 is 23.5 Å². The lowest BCUT2D eigenvalue weighted by atomic mass is 9.79. The molecule has 270 valence electrons. The van der Waals surface area contributed by atoms with Gasteiger partial charge in [-0.2, -0.15) is 5.10 Å². The van der Waals surface area contributed by atoms with Crippen LogP contribution in [0.15, 0.2) is 168 Å². The summed E-state index contributed by atoms with van der Waals surface area (Å²) in [6.07, 6.45) is 1.88. The number of ether oxygens (including phenoxy) is 3. The van der Waals surface area contributed by atoms with Gasteiger partial charge in [0.25, 0.3) is 0 Å². The fourth-order valence-corrected chi connectivity index (χ4v) is 6.57. The van der Waals surface area contributed by atoms with Crippen molar-refractivity contribution in [3.05, 3.63) is 196 Å². The Kier molecular flexibility index (Phi) is 11.0. The van der Waals surface area contributed by atoms with E-state index < -0.39 is 17.9 Å². The molecule has 1 N–H and O–H groups in total. The van der Waals surface area contributed by atoms with E-state index in [1.807, 2.05) is 160 Å². The molecule has 0 aliphatic carbocycles. The van der Waals surface area contributed by atoms with Crippen LogP contribution < -0.4 is 10.1 Å². The van der Waals surface area contributed by atoms with E-state index in [1.54, 1.807) is 4.68 Å². The third kappa shape index (κ3) is 8.30. The number of nitrogens with one attached hydrogen (secondary N) is 1. The fourth-order valence-electron chi connectivity index (χ4n) is 6.44. The van der Waals surface area contributed by atoms with Crippen LogP contribution in [0.2, 0.25) is 5.02 Å². The molecule has 9 heteroatoms. The molecule has 0 saturated heterocycles. The third-order valence-corrected chi connectivity index (χ3v) is 9.40. The summed E-state index contributed by atoms with van der Waals surface area (Å²) in [7, 11) is 0. The van der Waals surface area contributed by atoms with Crippen LogP contribution in [0.5, 0.6) is 5.75 Å². The quantitative estimate of drug-likeness (QED) is 0.125. The minimum absolute atomic E-state index is 0.0628. The molecule has 1 aromatic heterocycles. The van der Waals surface area contributed by atoms with Gasteiger partial charge in [0.05, 0.1) is 28.4 Å². The van der Waals surface area contributed by atoms with Crippen LogP contribution in [-0.2, 0) is 38.9 Å². The van der Waals surface area contributed by atoms with Crippen molar-refractivity contribution in [2.75, 3.05) is 0 Å². The van der Waals surface area contributed by atoms with E-state index in [-0.39, 0.29) is 13.2 Å². The van der Waals surface area contributed by atoms with Crippen molar-refractivity contribution in [1.29, 1.82) is 0 Å². The van der Waals surface area contributed by atoms with Gasteiger partial charge in [0.2, 0.25) is 0 Å². The van der Waals surface area contributed by atoms with Crippen molar-refractivity contribution in [3.8, 4) is 22.7 Å². The Morgan fingerprint density at radius 3 is 1.69 bits per heavy atom. The number of para-hydroxylation sites is 1. The van der Waals surface area contributed by atoms with E-state index >= 15 is 0 Å². The van der Waals surface area contributed by atoms with Crippen LogP contribution in [0.3, 0.4) is 0 Å². The molecule has 2 heterocycles. The summed E-state index contributed by atoms with van der Waals surface area (Å²) in [4.78, 5) is 28.5. The molecule has 0 amide bonds. The van der Waals surface area contributed by atoms with E-state index in [0.717, 1.165) is 27.9 Å². The highest BCUT2D eigenvalue weighted by atomic mass is 35.5. The molecule has 0 saturated carbocycles. The standard InChI is InChI=1S/C45H38ClN3O5/c1-30-40(44(50)53-28-32-12-6-3-7-13-32)42(41(31(2)47-30)45(51)54-29-33-14-8-4-9-15-33)39-26-49(37-16-10-5-11-17-37)48-43(39)35-20-24-38(25-21-35)52-27-34-18-22-36(46)23-19-34/h3-26,42,47H,27-29H2,1-2H3. The van der Waals surface area contributed by atoms with Crippen LogP contribution in [-0.4, -0.2) is 21.7 Å². The number of esters is 2. The van der Waals surface area contributed by atoms with Crippen molar-refractivity contribution in [2.24, 2.45) is 0 Å². The SMILES string of the molecule is CC1=C(C(=O)OCc2ccccc2)C(c2cn(-c3ccccc3)nc2-c2ccc(OCc3ccc(Cl)cc3)cc2)C(C(=O)OCc2ccccc2)=C(C)N1. The first kappa shape index (κ1) is 36.0. The Morgan fingerprint density at radius 1 is 0.648 bits per heavy atom. The summed E-state index contributed by atoms with van der Waals surface area (Å²) in [6, 6.07) is 43.8. The fraction of sp³-hybridized carbons (Fsp3) is 0.133. The lowest BCUT2D eigenvalue weighted by Gasteiger charge is -2.30. The molecule has 8 nitrogen and oxygen atoms in total. The molecule has 1 aliphatic heterocycles. The monoisotopic (exact) mass is 735 g/mol. The molecule has 5 aromatic carbocycles. The van der Waals surface area contributed by atoms with Gasteiger partial charge in [-0.05, 0) is 79.1 Å². The molecule has 7 rings (SSSR count). The third-order valence-electron chi connectivity index (χ3n) is 9.15. The Bertz CT molecular complexity index is 2220. The number of dihydropyridines is 1. The van der Waals surface area contributed by atoms with Gasteiger partial charge in [-0.3, -0.25) is 0 Å². The van der Waals surface area contributed by atoms with Gasteiger partial charge < -0.3 is 19.5 Å². The highest BCUT2D eigenvalue weighted by molar-refractivity contribution is 6.30. The van der Waals surface area contributed by atoms with Crippen molar-refractivity contribution in [2.45, 2.75) is 39.6 Å². The second kappa shape index (κ2) is 16.5. The van der Waals surface area contributed by atoms with Crippen LogP contribution in [0, 0.1) is 0 Å². The van der Waals surface area contributed by atoms with Crippen LogP contribution >= 0.6 is 11.6 Å². The van der Waals surface area contributed by atoms with E-state index in [2.05, 4.69) is 5.32 Å². The number of hydrogen-bond acceptors (Lipinski definition) is 7. The summed E-state index contributed by atoms with van der Waals surface area (Å²) < 4.78 is 19.7. The van der Waals surface area contributed by atoms with Crippen LogP contribution in [0.25, 0.3) is 16.9 Å². The van der Waals surface area contributed by atoms with Crippen molar-refractivity contribution < 1.29 is 23.8 Å². The zero-order chi connectivity index (χ0) is 37.4. The topological polar surface area (TPSA) is 91.7 Å². The molecular formula is C45H38ClN3O5. The zero-order valence-corrected chi connectivity index (χ0v) is 30.6. The number of benzene rings is 5. The number of aromatic nitrogens is 2. The van der Waals surface area contributed by atoms with Gasteiger partial charge in [0.15, 0.2) is 0 Å². The predicted octanol–water partition coefficient (Wildman–Crippen LogP) is 9.49. The molecule has 0 atom stereocenters. The summed E-state index contributed by atoms with van der Waals surface area (Å²) >= 11 is 6.06. The van der Waals surface area contributed by atoms with E-state index in [9.17, 15) is 9.59 Å². The molecule has 54 heavy (non-hydrogen) atoms. The molecule has 0 unspecified atom stereocenters. The number of rotatable bonds is 12. The molecule has 0 fully saturated rings. The molecule has 1 aliphatic rings. The number of carbonyl (C=O) groups excluding carboxylic acids is 2. The Hall–Kier alpha value is -6.38. The lowest BCUT2D eigenvalue weighted by molar-refractivity contribution is -0.141. The minimum atomic E-state index is -0.883. The maximum absolute atomic E-state index is 14.3. The molecular weight excluding hydrogens is 698 g/mol. The van der Waals surface area contributed by atoms with Gasteiger partial charge >= 0.3 is 11.9 Å². The second-order valence-electron chi connectivity index (χ2n) is 12.9. The maximum Gasteiger partial charge on any atom is 0.337 e. The number of allylic oxidation sites excluding steroid dienone is 2. The molecule has 0 radical (unpaired) electrons. The first-order valence-corrected chi connectivity index (χ1v) is 17.9. The number of nitrogens with zero attached hydrogens (tertiary/aromatic N) is 2. The summed E-state index contributed by atoms with van der Waals surface area (Å²) in [6.45, 7) is 4.13. The number of halogens is 1. The predicted molar refractivity (Wildman–Crippen MR) is 209 cm³/mol. The van der Waals surface area contributed by atoms with Gasteiger partial charge in [-0.15, -0.1) is 0 Å². The molecule has 6 aromatic rings. The Balaban J connectivity index is 1.29. The molecule has 0 bridgehead atoms. The van der Waals surface area contributed by atoms with Gasteiger partial charge in [0.1, 0.15) is 25.6 Å². The summed E-state index contributed by atoms with van der Waals surface area (Å²) in [5.41, 5.74) is 7.18. The van der Waals surface area contributed by atoms with Crippen LogP contribution in [0.1, 0.15) is 42.0 Å². The van der Waals surface area contributed by atoms with Gasteiger partial charge in [0, 0.05) is 33.7 Å². The Morgan fingerprint density at radius 2 is 1.15 bits per heavy atom. The van der Waals surface area contributed by atoms with Crippen LogP contribution in [0.4, 0.5) is 0 Å². The van der Waals surface area contributed by atoms with Gasteiger partial charge in [-0.25, -0.2) is 14.3 Å². The zero-order valence-electron chi connectivity index (χ0n) is 29.9. The number of hydrogen-bond donors (Lipinski definition) is 1. The highest BCUT2D eigenvalue weighted by Gasteiger charge is 2.40. The average Bonchev–Trinajstić information content (AvgIpc) is 3.65. The smallest absolute Gasteiger partial charge is 0.337 e. The normalized spacial score (nSPS) is 13.0. The van der Waals surface area contributed by atoms with E-state index in [0.29, 0.717) is 51.2 Å². The maximum atomic E-state index is 14.3. The van der Waals surface area contributed by atoms with E-state index in [4.69, 9.17) is 30.9 Å². The average molecular weight is 736 g/mol. The second-order valence-corrected chi connectivity index (χ2v) is 13.3. The number of carbonyl (C=O) groups is 2. The molecule has 0 spiro atoms. The first-order valence-electron chi connectivity index (χ1n) is 17.6. The largest absolute Gasteiger partial charge is 0.489 e. The minimum Gasteiger partial charge on any atom is -0.489 e. The van der Waals surface area contributed by atoms with Crippen molar-refractivity contribution in [3.63, 3.8) is 0 Å². The van der Waals surface area contributed by atoms with Crippen molar-refractivity contribution in [1.82, 2.24) is 15.1 Å². The lowest BCUT2D eigenvalue weighted by Crippen LogP contribution is -2.32. The highest BCUT2D eigenvalue weighted by Crippen LogP contribution is 2.43. The summed E-state index contributed by atoms with van der Waals surface area (Å²) in [5.74, 6) is -1.33. The Labute approximate surface area is 319 Å². The van der Waals surface area contributed by atoms with Gasteiger partial charge in [-0.1, -0.05) is 103 Å².